The lowest BCUT2D eigenvalue weighted by Crippen LogP contribution is -2.33. The fourth-order valence-corrected chi connectivity index (χ4v) is 1.04. The monoisotopic (exact) mass is 189 g/mol. The van der Waals surface area contributed by atoms with Crippen LogP contribution in [-0.2, 0) is 9.53 Å². The highest BCUT2D eigenvalue weighted by Gasteiger charge is 2.10. The van der Waals surface area contributed by atoms with Crippen molar-refractivity contribution < 1.29 is 14.6 Å². The smallest absolute Gasteiger partial charge is 0.320 e. The molecular weight excluding hydrogens is 170 g/mol. The van der Waals surface area contributed by atoms with Crippen LogP contribution in [0.25, 0.3) is 0 Å². The van der Waals surface area contributed by atoms with E-state index >= 15 is 0 Å². The lowest BCUT2D eigenvalue weighted by Gasteiger charge is -2.17. The quantitative estimate of drug-likeness (QED) is 0.630. The van der Waals surface area contributed by atoms with E-state index in [1.807, 2.05) is 13.8 Å². The second-order valence-electron chi connectivity index (χ2n) is 3.58. The summed E-state index contributed by atoms with van der Waals surface area (Å²) >= 11 is 0. The highest BCUT2D eigenvalue weighted by molar-refractivity contribution is 5.71. The maximum atomic E-state index is 11.1. The van der Waals surface area contributed by atoms with Crippen molar-refractivity contribution in [3.8, 4) is 0 Å². The number of likely N-dealkylation sites (N-methyl/N-ethyl adjacent to an activating group) is 1. The first-order chi connectivity index (χ1) is 5.91. The van der Waals surface area contributed by atoms with Crippen LogP contribution >= 0.6 is 0 Å². The minimum absolute atomic E-state index is 0.0764. The van der Waals surface area contributed by atoms with Crippen LogP contribution < -0.4 is 0 Å². The van der Waals surface area contributed by atoms with Crippen LogP contribution in [0.15, 0.2) is 0 Å². The Kier molecular flexibility index (Phi) is 5.66. The average molecular weight is 189 g/mol. The molecule has 0 aliphatic heterocycles. The van der Waals surface area contributed by atoms with E-state index in [9.17, 15) is 4.79 Å². The number of esters is 1. The Labute approximate surface area is 79.5 Å². The molecule has 0 radical (unpaired) electrons. The Hall–Kier alpha value is -0.610. The Balaban J connectivity index is 3.65. The standard InChI is InChI=1S/C9H19NO3/c1-7(2)13-9(12)6-10(4)5-8(3)11/h7-8,11H,5-6H2,1-4H3. The van der Waals surface area contributed by atoms with E-state index in [-0.39, 0.29) is 18.6 Å². The van der Waals surface area contributed by atoms with Crippen LogP contribution in [0.5, 0.6) is 0 Å². The van der Waals surface area contributed by atoms with Crippen molar-refractivity contribution in [2.24, 2.45) is 0 Å². The van der Waals surface area contributed by atoms with Gasteiger partial charge in [0.25, 0.3) is 0 Å². The number of ether oxygens (including phenoxy) is 1. The number of hydrogen-bond donors (Lipinski definition) is 1. The van der Waals surface area contributed by atoms with Crippen LogP contribution in [0.3, 0.4) is 0 Å². The van der Waals surface area contributed by atoms with Crippen molar-refractivity contribution in [1.29, 1.82) is 0 Å². The molecule has 0 amide bonds. The van der Waals surface area contributed by atoms with Crippen molar-refractivity contribution in [2.45, 2.75) is 33.0 Å². The topological polar surface area (TPSA) is 49.8 Å². The first-order valence-electron chi connectivity index (χ1n) is 4.48. The molecule has 0 rings (SSSR count). The highest BCUT2D eigenvalue weighted by Crippen LogP contribution is 1.93. The molecular formula is C9H19NO3. The Morgan fingerprint density at radius 3 is 2.38 bits per heavy atom. The number of carbonyl (C=O) groups excluding carboxylic acids is 1. The van der Waals surface area contributed by atoms with Crippen molar-refractivity contribution in [3.63, 3.8) is 0 Å². The van der Waals surface area contributed by atoms with Gasteiger partial charge in [-0.15, -0.1) is 0 Å². The van der Waals surface area contributed by atoms with E-state index in [0.717, 1.165) is 0 Å². The van der Waals surface area contributed by atoms with Gasteiger partial charge in [0.15, 0.2) is 0 Å². The number of hydrogen-bond acceptors (Lipinski definition) is 4. The summed E-state index contributed by atoms with van der Waals surface area (Å²) in [5.41, 5.74) is 0. The van der Waals surface area contributed by atoms with Gasteiger partial charge < -0.3 is 9.84 Å². The molecule has 0 aromatic rings. The Bertz CT molecular complexity index is 157. The predicted octanol–water partition coefficient (Wildman–Crippen LogP) is 0.251. The van der Waals surface area contributed by atoms with Gasteiger partial charge >= 0.3 is 5.97 Å². The summed E-state index contributed by atoms with van der Waals surface area (Å²) in [6.07, 6.45) is -0.496. The van der Waals surface area contributed by atoms with Crippen LogP contribution in [0.2, 0.25) is 0 Å². The Morgan fingerprint density at radius 1 is 1.46 bits per heavy atom. The van der Waals surface area contributed by atoms with E-state index in [1.165, 1.54) is 0 Å². The number of rotatable bonds is 5. The summed E-state index contributed by atoms with van der Waals surface area (Å²) in [5.74, 6) is -0.252. The van der Waals surface area contributed by atoms with E-state index < -0.39 is 6.10 Å². The lowest BCUT2D eigenvalue weighted by atomic mass is 10.4. The van der Waals surface area contributed by atoms with E-state index in [1.54, 1.807) is 18.9 Å². The van der Waals surface area contributed by atoms with Gasteiger partial charge in [0, 0.05) is 6.54 Å². The maximum absolute atomic E-state index is 11.1. The normalized spacial score (nSPS) is 13.5. The van der Waals surface area contributed by atoms with Crippen LogP contribution in [-0.4, -0.2) is 48.3 Å². The fraction of sp³-hybridized carbons (Fsp3) is 0.889. The second-order valence-corrected chi connectivity index (χ2v) is 3.58. The third kappa shape index (κ3) is 7.74. The van der Waals surface area contributed by atoms with Gasteiger partial charge in [-0.05, 0) is 27.8 Å². The van der Waals surface area contributed by atoms with Crippen LogP contribution in [0.1, 0.15) is 20.8 Å². The number of aliphatic hydroxyl groups excluding tert-OH is 1. The lowest BCUT2D eigenvalue weighted by molar-refractivity contribution is -0.148. The van der Waals surface area contributed by atoms with Gasteiger partial charge in [-0.25, -0.2) is 0 Å². The predicted molar refractivity (Wildman–Crippen MR) is 50.4 cm³/mol. The van der Waals surface area contributed by atoms with Gasteiger partial charge in [-0.2, -0.15) is 0 Å². The molecule has 0 aliphatic rings. The zero-order chi connectivity index (χ0) is 10.4. The van der Waals surface area contributed by atoms with Crippen LogP contribution in [0, 0.1) is 0 Å². The average Bonchev–Trinajstić information content (AvgIpc) is 1.80. The number of nitrogens with zero attached hydrogens (tertiary/aromatic N) is 1. The van der Waals surface area contributed by atoms with E-state index in [4.69, 9.17) is 9.84 Å². The molecule has 13 heavy (non-hydrogen) atoms. The second kappa shape index (κ2) is 5.94. The molecule has 0 saturated carbocycles. The minimum atomic E-state index is -0.420. The molecule has 0 aliphatic carbocycles. The molecule has 0 spiro atoms. The van der Waals surface area contributed by atoms with Crippen LogP contribution in [0.4, 0.5) is 0 Å². The van der Waals surface area contributed by atoms with Gasteiger partial charge in [0.05, 0.1) is 18.8 Å². The van der Waals surface area contributed by atoms with Gasteiger partial charge in [0.1, 0.15) is 0 Å². The summed E-state index contributed by atoms with van der Waals surface area (Å²) in [6.45, 7) is 6.01. The molecule has 4 heteroatoms. The molecule has 0 aromatic carbocycles. The zero-order valence-corrected chi connectivity index (χ0v) is 8.78. The number of aliphatic hydroxyl groups is 1. The van der Waals surface area contributed by atoms with Gasteiger partial charge in [-0.3, -0.25) is 9.69 Å². The van der Waals surface area contributed by atoms with E-state index in [0.29, 0.717) is 6.54 Å². The Morgan fingerprint density at radius 2 is 2.00 bits per heavy atom. The summed E-state index contributed by atoms with van der Waals surface area (Å²) in [5, 5.41) is 9.02. The largest absolute Gasteiger partial charge is 0.462 e. The van der Waals surface area contributed by atoms with Gasteiger partial charge in [0.2, 0.25) is 0 Å². The molecule has 0 saturated heterocycles. The summed E-state index contributed by atoms with van der Waals surface area (Å²) < 4.78 is 4.94. The van der Waals surface area contributed by atoms with Crippen molar-refractivity contribution >= 4 is 5.97 Å². The minimum Gasteiger partial charge on any atom is -0.462 e. The van der Waals surface area contributed by atoms with Crippen molar-refractivity contribution in [3.05, 3.63) is 0 Å². The first kappa shape index (κ1) is 12.4. The third-order valence-electron chi connectivity index (χ3n) is 1.34. The summed E-state index contributed by atoms with van der Waals surface area (Å²) in [7, 11) is 1.77. The molecule has 78 valence electrons. The maximum Gasteiger partial charge on any atom is 0.320 e. The molecule has 0 heterocycles. The van der Waals surface area contributed by atoms with Crippen molar-refractivity contribution in [2.75, 3.05) is 20.1 Å². The first-order valence-corrected chi connectivity index (χ1v) is 4.48. The molecule has 0 aromatic heterocycles. The van der Waals surface area contributed by atoms with Gasteiger partial charge in [-0.1, -0.05) is 0 Å². The third-order valence-corrected chi connectivity index (χ3v) is 1.34. The molecule has 0 bridgehead atoms. The van der Waals surface area contributed by atoms with E-state index in [2.05, 4.69) is 0 Å². The zero-order valence-electron chi connectivity index (χ0n) is 8.78. The van der Waals surface area contributed by atoms with Crippen molar-refractivity contribution in [1.82, 2.24) is 4.90 Å². The molecule has 0 fully saturated rings. The highest BCUT2D eigenvalue weighted by atomic mass is 16.5. The SMILES string of the molecule is CC(O)CN(C)CC(=O)OC(C)C. The summed E-state index contributed by atoms with van der Waals surface area (Å²) in [4.78, 5) is 12.8. The molecule has 1 atom stereocenters. The molecule has 4 nitrogen and oxygen atoms in total. The summed E-state index contributed by atoms with van der Waals surface area (Å²) in [6, 6.07) is 0. The number of carbonyl (C=O) groups is 1. The molecule has 1 N–H and O–H groups in total. The fourth-order valence-electron chi connectivity index (χ4n) is 1.04. The molecule has 1 unspecified atom stereocenters.